The zero-order valence-corrected chi connectivity index (χ0v) is 25.8. The van der Waals surface area contributed by atoms with Crippen molar-refractivity contribution in [1.29, 1.82) is 0 Å². The number of allylic oxidation sites excluding steroid dienone is 1. The van der Waals surface area contributed by atoms with Crippen LogP contribution in [0.4, 0.5) is 0 Å². The normalized spacial score (nSPS) is 11.7. The van der Waals surface area contributed by atoms with Gasteiger partial charge < -0.3 is 14.0 Å². The molecule has 0 saturated carbocycles. The van der Waals surface area contributed by atoms with Crippen molar-refractivity contribution >= 4 is 21.7 Å². The molecule has 4 rings (SSSR count). The highest BCUT2D eigenvalue weighted by Crippen LogP contribution is 2.24. The van der Waals surface area contributed by atoms with Crippen LogP contribution in [0, 0.1) is 0 Å². The van der Waals surface area contributed by atoms with Crippen LogP contribution in [-0.4, -0.2) is 43.6 Å². The molecule has 0 atom stereocenters. The van der Waals surface area contributed by atoms with Crippen molar-refractivity contribution in [2.75, 3.05) is 19.8 Å². The van der Waals surface area contributed by atoms with E-state index in [2.05, 4.69) is 11.9 Å². The monoisotopic (exact) mass is 600 g/mol. The molecule has 0 aliphatic carbocycles. The molecular formula is C35H40N2O5S. The summed E-state index contributed by atoms with van der Waals surface area (Å²) in [6.07, 6.45) is 9.89. The van der Waals surface area contributed by atoms with E-state index in [0.29, 0.717) is 18.9 Å². The lowest BCUT2D eigenvalue weighted by molar-refractivity contribution is -0.113. The number of hydrogen-bond acceptors (Lipinski definition) is 6. The molecule has 7 nitrogen and oxygen atoms in total. The first kappa shape index (κ1) is 31.9. The molecule has 0 fully saturated rings. The van der Waals surface area contributed by atoms with Crippen LogP contribution >= 0.6 is 0 Å². The van der Waals surface area contributed by atoms with Gasteiger partial charge in [0.2, 0.25) is 0 Å². The Morgan fingerprint density at radius 2 is 1.70 bits per heavy atom. The number of carbonyl (C=O) groups excluding carboxylic acids is 1. The van der Waals surface area contributed by atoms with E-state index < -0.39 is 9.84 Å². The van der Waals surface area contributed by atoms with E-state index in [4.69, 9.17) is 9.47 Å². The third kappa shape index (κ3) is 9.76. The fraction of sp³-hybridized carbons (Fsp3) is 0.314. The van der Waals surface area contributed by atoms with Crippen LogP contribution in [-0.2, 0) is 38.1 Å². The lowest BCUT2D eigenvalue weighted by atomic mass is 10.0. The average Bonchev–Trinajstić information content (AvgIpc) is 3.44. The van der Waals surface area contributed by atoms with Crippen LogP contribution in [0.2, 0.25) is 0 Å². The van der Waals surface area contributed by atoms with Crippen molar-refractivity contribution in [2.24, 2.45) is 0 Å². The first-order valence-electron chi connectivity index (χ1n) is 14.8. The number of hydrogen-bond donors (Lipinski definition) is 0. The number of rotatable bonds is 17. The molecule has 3 aromatic carbocycles. The number of imidazole rings is 1. The van der Waals surface area contributed by atoms with Gasteiger partial charge in [0.15, 0.2) is 15.6 Å². The molecule has 0 unspecified atom stereocenters. The Hall–Kier alpha value is -4.01. The molecular weight excluding hydrogens is 560 g/mol. The summed E-state index contributed by atoms with van der Waals surface area (Å²) in [7, 11) is -3.53. The van der Waals surface area contributed by atoms with Crippen LogP contribution in [0.3, 0.4) is 0 Å². The lowest BCUT2D eigenvalue weighted by Crippen LogP contribution is -2.10. The highest BCUT2D eigenvalue weighted by molar-refractivity contribution is 7.90. The van der Waals surface area contributed by atoms with Gasteiger partial charge in [-0.05, 0) is 71.5 Å². The summed E-state index contributed by atoms with van der Waals surface area (Å²) in [6, 6.07) is 22.5. The van der Waals surface area contributed by atoms with Gasteiger partial charge in [0, 0.05) is 25.8 Å². The van der Waals surface area contributed by atoms with Crippen molar-refractivity contribution < 1.29 is 22.7 Å². The number of nitrogens with zero attached hydrogens (tertiary/aromatic N) is 2. The predicted octanol–water partition coefficient (Wildman–Crippen LogP) is 6.95. The molecule has 1 heterocycles. The molecule has 1 aromatic heterocycles. The third-order valence-electron chi connectivity index (χ3n) is 6.94. The van der Waals surface area contributed by atoms with Crippen molar-refractivity contribution in [3.63, 3.8) is 0 Å². The minimum Gasteiger partial charge on any atom is -0.491 e. The number of benzene rings is 3. The van der Waals surface area contributed by atoms with Crippen molar-refractivity contribution in [1.82, 2.24) is 9.55 Å². The van der Waals surface area contributed by atoms with E-state index in [0.717, 1.165) is 60.4 Å². The number of aryl methyl sites for hydroxylation is 1. The number of ether oxygens (including phenoxy) is 2. The molecule has 0 bridgehead atoms. The average molecular weight is 601 g/mol. The van der Waals surface area contributed by atoms with E-state index in [1.54, 1.807) is 48.9 Å². The van der Waals surface area contributed by atoms with E-state index in [-0.39, 0.29) is 22.9 Å². The Bertz CT molecular complexity index is 1590. The fourth-order valence-electron chi connectivity index (χ4n) is 4.58. The van der Waals surface area contributed by atoms with Crippen LogP contribution in [0.25, 0.3) is 17.2 Å². The number of ketones is 1. The molecule has 0 aliphatic rings. The molecule has 0 spiro atoms. The first-order valence-corrected chi connectivity index (χ1v) is 16.5. The van der Waals surface area contributed by atoms with Crippen molar-refractivity contribution in [3.05, 3.63) is 108 Å². The van der Waals surface area contributed by atoms with Crippen LogP contribution < -0.4 is 4.74 Å². The maximum Gasteiger partial charge on any atom is 0.184 e. The molecule has 0 aliphatic heterocycles. The van der Waals surface area contributed by atoms with Gasteiger partial charge in [0.1, 0.15) is 12.4 Å². The Balaban J connectivity index is 1.30. The summed E-state index contributed by atoms with van der Waals surface area (Å²) < 4.78 is 39.1. The minimum atomic E-state index is -3.53. The van der Waals surface area contributed by atoms with Gasteiger partial charge in [-0.15, -0.1) is 0 Å². The molecule has 4 aromatic rings. The fourth-order valence-corrected chi connectivity index (χ4v) is 5.93. The second kappa shape index (κ2) is 16.0. The summed E-state index contributed by atoms with van der Waals surface area (Å²) >= 11 is 0. The van der Waals surface area contributed by atoms with Crippen molar-refractivity contribution in [3.8, 4) is 16.9 Å². The van der Waals surface area contributed by atoms with Gasteiger partial charge in [0.05, 0.1) is 29.3 Å². The van der Waals surface area contributed by atoms with E-state index in [1.807, 2.05) is 60.0 Å². The Kier molecular flexibility index (Phi) is 11.9. The van der Waals surface area contributed by atoms with Crippen LogP contribution in [0.15, 0.2) is 96.3 Å². The van der Waals surface area contributed by atoms with Gasteiger partial charge in [-0.2, -0.15) is 0 Å². The van der Waals surface area contributed by atoms with Crippen LogP contribution in [0.1, 0.15) is 49.9 Å². The van der Waals surface area contributed by atoms with Crippen LogP contribution in [0.5, 0.6) is 5.75 Å². The second-order valence-corrected chi connectivity index (χ2v) is 12.4. The Morgan fingerprint density at radius 1 is 0.907 bits per heavy atom. The number of unbranched alkanes of at least 4 members (excludes halogenated alkanes) is 1. The van der Waals surface area contributed by atoms with E-state index in [9.17, 15) is 13.2 Å². The third-order valence-corrected chi connectivity index (χ3v) is 8.60. The smallest absolute Gasteiger partial charge is 0.184 e. The van der Waals surface area contributed by atoms with Gasteiger partial charge in [-0.25, -0.2) is 13.4 Å². The summed E-state index contributed by atoms with van der Waals surface area (Å²) in [5.74, 6) is 0.624. The summed E-state index contributed by atoms with van der Waals surface area (Å²) in [5.41, 5.74) is 4.43. The second-order valence-electron chi connectivity index (χ2n) is 10.4. The van der Waals surface area contributed by atoms with Gasteiger partial charge >= 0.3 is 0 Å². The largest absolute Gasteiger partial charge is 0.491 e. The molecule has 0 N–H and O–H groups in total. The molecule has 8 heteroatoms. The molecule has 0 saturated heterocycles. The highest BCUT2D eigenvalue weighted by atomic mass is 32.2. The molecule has 0 amide bonds. The summed E-state index contributed by atoms with van der Waals surface area (Å²) in [6.45, 7) is 6.77. The van der Waals surface area contributed by atoms with Crippen molar-refractivity contribution in [2.45, 2.75) is 56.7 Å². The lowest BCUT2D eigenvalue weighted by Gasteiger charge is -2.09. The van der Waals surface area contributed by atoms with E-state index >= 15 is 0 Å². The van der Waals surface area contributed by atoms with E-state index in [1.165, 1.54) is 0 Å². The molecule has 226 valence electrons. The first-order chi connectivity index (χ1) is 20.9. The van der Waals surface area contributed by atoms with Gasteiger partial charge in [-0.3, -0.25) is 4.79 Å². The summed E-state index contributed by atoms with van der Waals surface area (Å²) in [4.78, 5) is 17.0. The Morgan fingerprint density at radius 3 is 2.44 bits per heavy atom. The maximum absolute atomic E-state index is 12.9. The number of sulfone groups is 1. The molecule has 0 radical (unpaired) electrons. The number of carbonyl (C=O) groups is 1. The SMILES string of the molecule is CCCCOCCOc1ccc(-c2cccc(/C=C/C(=O)Cc3ccc(S(=O)(=O)Cc4cncn4CCC)cc3)c2)cc1. The highest BCUT2D eigenvalue weighted by Gasteiger charge is 2.18. The molecule has 43 heavy (non-hydrogen) atoms. The minimum absolute atomic E-state index is 0.0651. The zero-order valence-electron chi connectivity index (χ0n) is 24.9. The predicted molar refractivity (Wildman–Crippen MR) is 171 cm³/mol. The van der Waals surface area contributed by atoms with Gasteiger partial charge in [0.25, 0.3) is 0 Å². The number of aromatic nitrogens is 2. The maximum atomic E-state index is 12.9. The van der Waals surface area contributed by atoms with Gasteiger partial charge in [-0.1, -0.05) is 68.8 Å². The zero-order chi connectivity index (χ0) is 30.5. The topological polar surface area (TPSA) is 87.5 Å². The summed E-state index contributed by atoms with van der Waals surface area (Å²) in [5, 5.41) is 0. The quantitative estimate of drug-likeness (QED) is 0.0963. The Labute approximate surface area is 255 Å². The standard InChI is InChI=1S/C35H40N2O5S/c1-3-5-20-41-21-22-42-34-15-12-30(13-16-34)31-8-6-7-28(23-31)9-14-33(38)24-29-10-17-35(18-11-29)43(39,40)26-32-25-36-27-37(32)19-4-2/h6-18,23,25,27H,3-5,19-22,24,26H2,1-2H3/b14-9+.